The van der Waals surface area contributed by atoms with Crippen LogP contribution in [-0.4, -0.2) is 51.6 Å². The van der Waals surface area contributed by atoms with Gasteiger partial charge < -0.3 is 14.7 Å². The number of phenols is 1. The second-order valence-corrected chi connectivity index (χ2v) is 7.07. The summed E-state index contributed by atoms with van der Waals surface area (Å²) in [6, 6.07) is 7.94. The van der Waals surface area contributed by atoms with Gasteiger partial charge in [-0.25, -0.2) is 4.68 Å². The highest BCUT2D eigenvalue weighted by atomic mass is 16.5. The van der Waals surface area contributed by atoms with Crippen molar-refractivity contribution in [3.05, 3.63) is 35.7 Å². The standard InChI is InChI=1S/C18H25N5O2/c24-16-8-6-14(7-9-16)17(22-10-12-25-13-11-22)18-19-20-21-23(18)15-4-2-1-3-5-15/h6-9,15,17,24H,1-5,10-13H2/p+1/t17-/m0/s1. The lowest BCUT2D eigenvalue weighted by molar-refractivity contribution is -0.933. The number of ether oxygens (including phenoxy) is 1. The van der Waals surface area contributed by atoms with Crippen molar-refractivity contribution in [2.75, 3.05) is 26.3 Å². The summed E-state index contributed by atoms with van der Waals surface area (Å²) < 4.78 is 7.62. The number of rotatable bonds is 4. The van der Waals surface area contributed by atoms with Crippen molar-refractivity contribution in [1.29, 1.82) is 0 Å². The van der Waals surface area contributed by atoms with Gasteiger partial charge in [-0.3, -0.25) is 0 Å². The Bertz CT molecular complexity index is 675. The van der Waals surface area contributed by atoms with E-state index in [1.165, 1.54) is 24.2 Å². The minimum absolute atomic E-state index is 0.0708. The third-order valence-electron chi connectivity index (χ3n) is 5.47. The Kier molecular flexibility index (Phi) is 4.94. The molecule has 0 amide bonds. The van der Waals surface area contributed by atoms with Gasteiger partial charge in [-0.1, -0.05) is 19.3 Å². The van der Waals surface area contributed by atoms with Crippen molar-refractivity contribution in [3.8, 4) is 5.75 Å². The molecule has 0 spiro atoms. The maximum absolute atomic E-state index is 9.67. The fraction of sp³-hybridized carbons (Fsp3) is 0.611. The molecule has 2 N–H and O–H groups in total. The molecule has 2 aliphatic rings. The molecule has 4 rings (SSSR count). The normalized spacial score (nSPS) is 21.3. The fourth-order valence-corrected chi connectivity index (χ4v) is 4.13. The van der Waals surface area contributed by atoms with Gasteiger partial charge in [0.2, 0.25) is 5.82 Å². The Morgan fingerprint density at radius 3 is 2.52 bits per heavy atom. The summed E-state index contributed by atoms with van der Waals surface area (Å²) in [7, 11) is 0. The molecule has 1 saturated carbocycles. The number of aromatic nitrogens is 4. The van der Waals surface area contributed by atoms with Crippen LogP contribution in [0.3, 0.4) is 0 Å². The smallest absolute Gasteiger partial charge is 0.214 e. The summed E-state index contributed by atoms with van der Waals surface area (Å²) in [5.41, 5.74) is 1.14. The van der Waals surface area contributed by atoms with Gasteiger partial charge in [0.25, 0.3) is 0 Å². The van der Waals surface area contributed by atoms with E-state index < -0.39 is 0 Å². The molecule has 1 aliphatic heterocycles. The van der Waals surface area contributed by atoms with E-state index in [0.29, 0.717) is 6.04 Å². The van der Waals surface area contributed by atoms with Crippen LogP contribution in [0.25, 0.3) is 0 Å². The van der Waals surface area contributed by atoms with Crippen LogP contribution in [0.4, 0.5) is 0 Å². The molecule has 1 aliphatic carbocycles. The molecule has 2 fully saturated rings. The number of hydrogen-bond donors (Lipinski definition) is 2. The van der Waals surface area contributed by atoms with Gasteiger partial charge in [0.15, 0.2) is 6.04 Å². The highest BCUT2D eigenvalue weighted by molar-refractivity contribution is 5.29. The quantitative estimate of drug-likeness (QED) is 0.861. The Morgan fingerprint density at radius 1 is 1.08 bits per heavy atom. The van der Waals surface area contributed by atoms with E-state index >= 15 is 0 Å². The van der Waals surface area contributed by atoms with Gasteiger partial charge in [0, 0.05) is 5.56 Å². The SMILES string of the molecule is Oc1ccc([C@@H](c2nnnn2C2CCCCC2)[NH+]2CCOCC2)cc1. The number of aromatic hydroxyl groups is 1. The first-order valence-corrected chi connectivity index (χ1v) is 9.32. The number of nitrogens with zero attached hydrogens (tertiary/aromatic N) is 4. The lowest BCUT2D eigenvalue weighted by atomic mass is 9.95. The van der Waals surface area contributed by atoms with Crippen molar-refractivity contribution in [3.63, 3.8) is 0 Å². The van der Waals surface area contributed by atoms with Crippen LogP contribution in [0.15, 0.2) is 24.3 Å². The van der Waals surface area contributed by atoms with E-state index in [1.54, 1.807) is 12.1 Å². The number of morpholine rings is 1. The van der Waals surface area contributed by atoms with Crippen LogP contribution in [-0.2, 0) is 4.74 Å². The number of tetrazole rings is 1. The molecule has 1 aromatic heterocycles. The zero-order chi connectivity index (χ0) is 17.1. The van der Waals surface area contributed by atoms with E-state index in [2.05, 4.69) is 20.2 Å². The van der Waals surface area contributed by atoms with E-state index in [9.17, 15) is 5.11 Å². The van der Waals surface area contributed by atoms with Gasteiger partial charge in [-0.2, -0.15) is 0 Å². The summed E-state index contributed by atoms with van der Waals surface area (Å²) in [5.74, 6) is 1.22. The predicted octanol–water partition coefficient (Wildman–Crippen LogP) is 0.888. The number of hydrogen-bond acceptors (Lipinski definition) is 5. The number of phenolic OH excluding ortho intramolecular Hbond substituents is 1. The Labute approximate surface area is 147 Å². The van der Waals surface area contributed by atoms with Crippen LogP contribution < -0.4 is 4.90 Å². The monoisotopic (exact) mass is 344 g/mol. The van der Waals surface area contributed by atoms with Crippen molar-refractivity contribution in [2.45, 2.75) is 44.2 Å². The average Bonchev–Trinajstić information content (AvgIpc) is 3.14. The molecule has 0 bridgehead atoms. The minimum Gasteiger partial charge on any atom is -0.508 e. The molecule has 7 nitrogen and oxygen atoms in total. The molecular weight excluding hydrogens is 318 g/mol. The van der Waals surface area contributed by atoms with E-state index in [-0.39, 0.29) is 11.8 Å². The summed E-state index contributed by atoms with van der Waals surface area (Å²) in [4.78, 5) is 1.42. The predicted molar refractivity (Wildman–Crippen MR) is 91.4 cm³/mol. The zero-order valence-corrected chi connectivity index (χ0v) is 14.5. The van der Waals surface area contributed by atoms with Crippen LogP contribution in [0.5, 0.6) is 5.75 Å². The maximum Gasteiger partial charge on any atom is 0.214 e. The van der Waals surface area contributed by atoms with Crippen molar-refractivity contribution in [1.82, 2.24) is 20.2 Å². The average molecular weight is 344 g/mol. The van der Waals surface area contributed by atoms with E-state index in [4.69, 9.17) is 4.74 Å². The number of nitrogens with one attached hydrogen (secondary N) is 1. The highest BCUT2D eigenvalue weighted by Gasteiger charge is 2.34. The van der Waals surface area contributed by atoms with Crippen LogP contribution in [0, 0.1) is 0 Å². The first-order valence-electron chi connectivity index (χ1n) is 9.32. The molecule has 1 atom stereocenters. The Morgan fingerprint density at radius 2 is 1.80 bits per heavy atom. The molecule has 25 heavy (non-hydrogen) atoms. The number of benzene rings is 1. The Balaban J connectivity index is 1.70. The summed E-state index contributed by atoms with van der Waals surface area (Å²) >= 11 is 0. The second kappa shape index (κ2) is 7.49. The third kappa shape index (κ3) is 3.52. The molecule has 2 heterocycles. The van der Waals surface area contributed by atoms with Crippen LogP contribution in [0.1, 0.15) is 55.6 Å². The van der Waals surface area contributed by atoms with Crippen molar-refractivity contribution >= 4 is 0 Å². The first kappa shape index (κ1) is 16.5. The number of quaternary nitrogens is 1. The highest BCUT2D eigenvalue weighted by Crippen LogP contribution is 2.30. The van der Waals surface area contributed by atoms with Crippen LogP contribution >= 0.6 is 0 Å². The molecule has 1 aromatic carbocycles. The zero-order valence-electron chi connectivity index (χ0n) is 14.5. The minimum atomic E-state index is 0.0708. The molecule has 0 unspecified atom stereocenters. The van der Waals surface area contributed by atoms with Crippen molar-refractivity contribution < 1.29 is 14.7 Å². The molecule has 1 saturated heterocycles. The lowest BCUT2D eigenvalue weighted by Crippen LogP contribution is -3.14. The molecule has 2 aromatic rings. The van der Waals surface area contributed by atoms with Gasteiger partial charge in [0.1, 0.15) is 18.8 Å². The molecule has 134 valence electrons. The molecule has 0 radical (unpaired) electrons. The largest absolute Gasteiger partial charge is 0.508 e. The third-order valence-corrected chi connectivity index (χ3v) is 5.47. The topological polar surface area (TPSA) is 77.5 Å². The second-order valence-electron chi connectivity index (χ2n) is 7.07. The molecular formula is C18H26N5O2+. The first-order chi connectivity index (χ1) is 12.3. The van der Waals surface area contributed by atoms with Crippen molar-refractivity contribution in [2.24, 2.45) is 0 Å². The van der Waals surface area contributed by atoms with Gasteiger partial charge in [-0.15, -0.1) is 5.10 Å². The summed E-state index contributed by atoms with van der Waals surface area (Å²) in [5, 5.41) is 22.5. The van der Waals surface area contributed by atoms with Gasteiger partial charge in [0.05, 0.1) is 19.3 Å². The van der Waals surface area contributed by atoms with E-state index in [0.717, 1.165) is 50.5 Å². The Hall–Kier alpha value is -1.99. The summed E-state index contributed by atoms with van der Waals surface area (Å²) in [6.45, 7) is 3.38. The fourth-order valence-electron chi connectivity index (χ4n) is 4.13. The lowest BCUT2D eigenvalue weighted by Gasteiger charge is -2.32. The van der Waals surface area contributed by atoms with Gasteiger partial charge in [-0.05, 0) is 47.5 Å². The molecule has 7 heteroatoms. The maximum atomic E-state index is 9.67. The summed E-state index contributed by atoms with van der Waals surface area (Å²) in [6.07, 6.45) is 6.11. The van der Waals surface area contributed by atoms with Gasteiger partial charge >= 0.3 is 0 Å². The van der Waals surface area contributed by atoms with Crippen LogP contribution in [0.2, 0.25) is 0 Å². The van der Waals surface area contributed by atoms with E-state index in [1.807, 2.05) is 12.1 Å².